The number of hydrogen-bond donors (Lipinski definition) is 1. The van der Waals surface area contributed by atoms with Gasteiger partial charge in [0.25, 0.3) is 0 Å². The highest BCUT2D eigenvalue weighted by Crippen LogP contribution is 2.38. The smallest absolute Gasteiger partial charge is 0.350 e. The maximum absolute atomic E-state index is 12.3. The summed E-state index contributed by atoms with van der Waals surface area (Å²) in [5, 5.41) is 10.5. The number of aliphatic hydroxyl groups excluding tert-OH is 1. The van der Waals surface area contributed by atoms with E-state index in [1.807, 2.05) is 0 Å². The third-order valence-electron chi connectivity index (χ3n) is 4.03. The minimum absolute atomic E-state index is 0.262. The molecule has 136 valence electrons. The summed E-state index contributed by atoms with van der Waals surface area (Å²) < 4.78 is 26.6. The van der Waals surface area contributed by atoms with Gasteiger partial charge < -0.3 is 28.8 Å². The minimum atomic E-state index is -1.45. The Morgan fingerprint density at radius 3 is 2.48 bits per heavy atom. The van der Waals surface area contributed by atoms with Gasteiger partial charge in [-0.2, -0.15) is 0 Å². The van der Waals surface area contributed by atoms with Gasteiger partial charge in [0.1, 0.15) is 18.3 Å². The summed E-state index contributed by atoms with van der Waals surface area (Å²) in [5.74, 6) is -2.48. The Hall–Kier alpha value is -2.00. The van der Waals surface area contributed by atoms with Gasteiger partial charge in [-0.3, -0.25) is 0 Å². The number of ether oxygens (including phenoxy) is 5. The molecule has 0 aliphatic carbocycles. The molecule has 8 heteroatoms. The first kappa shape index (κ1) is 17.8. The number of carbonyl (C=O) groups is 2. The number of fused-ring (bicyclic) bond motifs is 1. The van der Waals surface area contributed by atoms with Gasteiger partial charge in [-0.25, -0.2) is 9.59 Å². The van der Waals surface area contributed by atoms with E-state index in [4.69, 9.17) is 18.9 Å². The lowest BCUT2D eigenvalue weighted by molar-refractivity contribution is -0.227. The number of benzene rings is 1. The highest BCUT2D eigenvalue weighted by molar-refractivity contribution is 5.91. The topological polar surface area (TPSA) is 101 Å². The molecule has 0 amide bonds. The number of aliphatic hydroxyl groups is 1. The molecule has 2 heterocycles. The van der Waals surface area contributed by atoms with Crippen LogP contribution in [0.2, 0.25) is 0 Å². The van der Waals surface area contributed by atoms with Crippen LogP contribution < -0.4 is 0 Å². The van der Waals surface area contributed by atoms with Crippen LogP contribution in [-0.4, -0.2) is 60.6 Å². The van der Waals surface area contributed by atoms with E-state index < -0.39 is 48.4 Å². The molecular weight excluding hydrogens is 332 g/mol. The zero-order valence-corrected chi connectivity index (χ0v) is 14.1. The average Bonchev–Trinajstić information content (AvgIpc) is 3.05. The Morgan fingerprint density at radius 2 is 1.88 bits per heavy atom. The maximum atomic E-state index is 12.3. The fourth-order valence-electron chi connectivity index (χ4n) is 2.89. The van der Waals surface area contributed by atoms with Gasteiger partial charge in [0.05, 0.1) is 12.7 Å². The van der Waals surface area contributed by atoms with Crippen LogP contribution in [-0.2, 0) is 28.5 Å². The van der Waals surface area contributed by atoms with Crippen LogP contribution in [0.25, 0.3) is 0 Å². The van der Waals surface area contributed by atoms with Gasteiger partial charge in [0.15, 0.2) is 12.1 Å². The standard InChI is InChI=1S/C17H20O8/c1-17(2)24-12-10(18)11(23-16(12)25-17)13(15(20)21-3)22-14(19)9-7-5-4-6-8-9/h4-8,10-13,16,18H,1-3H3/t10-,11-,12+,13-,16+/m0/s1. The molecule has 0 bridgehead atoms. The molecule has 1 aromatic carbocycles. The van der Waals surface area contributed by atoms with E-state index in [0.29, 0.717) is 0 Å². The molecule has 0 saturated carbocycles. The van der Waals surface area contributed by atoms with Crippen LogP contribution in [0.3, 0.4) is 0 Å². The second-order valence-corrected chi connectivity index (χ2v) is 6.27. The Morgan fingerprint density at radius 1 is 1.20 bits per heavy atom. The van der Waals surface area contributed by atoms with Crippen molar-refractivity contribution in [1.82, 2.24) is 0 Å². The molecule has 0 unspecified atom stereocenters. The van der Waals surface area contributed by atoms with Crippen molar-refractivity contribution in [3.8, 4) is 0 Å². The van der Waals surface area contributed by atoms with E-state index in [1.54, 1.807) is 44.2 Å². The summed E-state index contributed by atoms with van der Waals surface area (Å²) in [6.07, 6.45) is -5.49. The van der Waals surface area contributed by atoms with Gasteiger partial charge in [0, 0.05) is 0 Å². The van der Waals surface area contributed by atoms with E-state index in [1.165, 1.54) is 0 Å². The molecule has 0 spiro atoms. The fraction of sp³-hybridized carbons (Fsp3) is 0.529. The largest absolute Gasteiger partial charge is 0.466 e. The number of esters is 2. The zero-order chi connectivity index (χ0) is 18.2. The number of methoxy groups -OCH3 is 1. The molecule has 0 aromatic heterocycles. The number of hydrogen-bond acceptors (Lipinski definition) is 8. The molecule has 0 radical (unpaired) electrons. The molecule has 1 N–H and O–H groups in total. The summed E-state index contributed by atoms with van der Waals surface area (Å²) >= 11 is 0. The molecule has 2 saturated heterocycles. The Balaban J connectivity index is 1.76. The first-order chi connectivity index (χ1) is 11.8. The van der Waals surface area contributed by atoms with Crippen molar-refractivity contribution in [1.29, 1.82) is 0 Å². The molecule has 3 rings (SSSR count). The first-order valence-electron chi connectivity index (χ1n) is 7.85. The first-order valence-corrected chi connectivity index (χ1v) is 7.85. The van der Waals surface area contributed by atoms with Crippen molar-refractivity contribution in [3.05, 3.63) is 35.9 Å². The predicted molar refractivity (Wildman–Crippen MR) is 82.4 cm³/mol. The monoisotopic (exact) mass is 352 g/mol. The fourth-order valence-corrected chi connectivity index (χ4v) is 2.89. The number of carbonyl (C=O) groups excluding carboxylic acids is 2. The zero-order valence-electron chi connectivity index (χ0n) is 14.1. The SMILES string of the molecule is COC(=O)[C@@H](OC(=O)c1ccccc1)[C@H]1O[C@@H]2OC(C)(C)O[C@@H]2[C@H]1O. The molecule has 2 fully saturated rings. The van der Waals surface area contributed by atoms with Crippen LogP contribution in [0.4, 0.5) is 0 Å². The van der Waals surface area contributed by atoms with E-state index in [0.717, 1.165) is 7.11 Å². The van der Waals surface area contributed by atoms with Gasteiger partial charge >= 0.3 is 11.9 Å². The molecule has 25 heavy (non-hydrogen) atoms. The molecule has 2 aliphatic heterocycles. The van der Waals surface area contributed by atoms with Crippen LogP contribution >= 0.6 is 0 Å². The Bertz CT molecular complexity index is 643. The van der Waals surface area contributed by atoms with Gasteiger partial charge in [0.2, 0.25) is 6.10 Å². The van der Waals surface area contributed by atoms with Gasteiger partial charge in [-0.1, -0.05) is 18.2 Å². The molecule has 1 aromatic rings. The predicted octanol–water partition coefficient (Wildman–Crippen LogP) is 0.622. The quantitative estimate of drug-likeness (QED) is 0.787. The molecular formula is C17H20O8. The third kappa shape index (κ3) is 3.52. The maximum Gasteiger partial charge on any atom is 0.350 e. The van der Waals surface area contributed by atoms with Crippen molar-refractivity contribution >= 4 is 11.9 Å². The summed E-state index contributed by atoms with van der Waals surface area (Å²) in [4.78, 5) is 24.3. The van der Waals surface area contributed by atoms with Crippen LogP contribution in [0.5, 0.6) is 0 Å². The van der Waals surface area contributed by atoms with E-state index >= 15 is 0 Å². The Kier molecular flexibility index (Phi) is 4.79. The second-order valence-electron chi connectivity index (χ2n) is 6.27. The summed E-state index contributed by atoms with van der Waals surface area (Å²) in [7, 11) is 1.16. The Labute approximate surface area is 144 Å². The molecule has 5 atom stereocenters. The van der Waals surface area contributed by atoms with E-state index in [2.05, 4.69) is 4.74 Å². The van der Waals surface area contributed by atoms with Gasteiger partial charge in [-0.15, -0.1) is 0 Å². The average molecular weight is 352 g/mol. The van der Waals surface area contributed by atoms with Crippen molar-refractivity contribution in [2.45, 2.75) is 50.3 Å². The van der Waals surface area contributed by atoms with Crippen LogP contribution in [0, 0.1) is 0 Å². The van der Waals surface area contributed by atoms with Gasteiger partial charge in [-0.05, 0) is 26.0 Å². The van der Waals surface area contributed by atoms with Crippen molar-refractivity contribution < 1.29 is 38.4 Å². The molecule has 8 nitrogen and oxygen atoms in total. The number of rotatable bonds is 4. The highest BCUT2D eigenvalue weighted by atomic mass is 16.8. The van der Waals surface area contributed by atoms with Crippen LogP contribution in [0.15, 0.2) is 30.3 Å². The summed E-state index contributed by atoms with van der Waals surface area (Å²) in [6, 6.07) is 8.17. The lowest BCUT2D eigenvalue weighted by Gasteiger charge is -2.27. The summed E-state index contributed by atoms with van der Waals surface area (Å²) in [6.45, 7) is 3.37. The van der Waals surface area contributed by atoms with Crippen molar-refractivity contribution in [3.63, 3.8) is 0 Å². The highest BCUT2D eigenvalue weighted by Gasteiger charge is 2.58. The second kappa shape index (κ2) is 6.72. The molecule has 2 aliphatic rings. The van der Waals surface area contributed by atoms with Crippen molar-refractivity contribution in [2.75, 3.05) is 7.11 Å². The normalized spacial score (nSPS) is 31.2. The van der Waals surface area contributed by atoms with Crippen molar-refractivity contribution in [2.24, 2.45) is 0 Å². The third-order valence-corrected chi connectivity index (χ3v) is 4.03. The van der Waals surface area contributed by atoms with Crippen LogP contribution in [0.1, 0.15) is 24.2 Å². The minimum Gasteiger partial charge on any atom is -0.466 e. The summed E-state index contributed by atoms with van der Waals surface area (Å²) in [5.41, 5.74) is 0.262. The van der Waals surface area contributed by atoms with E-state index in [9.17, 15) is 14.7 Å². The van der Waals surface area contributed by atoms with E-state index in [-0.39, 0.29) is 5.56 Å². The lowest BCUT2D eigenvalue weighted by Crippen LogP contribution is -2.47. The lowest BCUT2D eigenvalue weighted by atomic mass is 10.1.